The Morgan fingerprint density at radius 3 is 2.57 bits per heavy atom. The molecular weight excluding hydrogens is 176 g/mol. The molecule has 0 unspecified atom stereocenters. The minimum atomic E-state index is 0.0175. The van der Waals surface area contributed by atoms with E-state index in [2.05, 4.69) is 26.1 Å². The molecule has 0 bridgehead atoms. The van der Waals surface area contributed by atoms with E-state index < -0.39 is 0 Å². The predicted octanol–water partition coefficient (Wildman–Crippen LogP) is 1.84. The van der Waals surface area contributed by atoms with Crippen molar-refractivity contribution in [2.75, 3.05) is 11.9 Å². The molecule has 0 aliphatic heterocycles. The first-order valence-corrected chi connectivity index (χ1v) is 4.79. The third-order valence-corrected chi connectivity index (χ3v) is 1.93. The van der Waals surface area contributed by atoms with E-state index in [1.165, 1.54) is 0 Å². The van der Waals surface area contributed by atoms with Crippen LogP contribution in [0.25, 0.3) is 0 Å². The van der Waals surface area contributed by atoms with Gasteiger partial charge < -0.3 is 9.88 Å². The minimum absolute atomic E-state index is 0.0175. The van der Waals surface area contributed by atoms with E-state index in [0.717, 1.165) is 12.2 Å². The number of anilines is 1. The van der Waals surface area contributed by atoms with Crippen LogP contribution < -0.4 is 10.9 Å². The first-order chi connectivity index (χ1) is 6.38. The van der Waals surface area contributed by atoms with Crippen molar-refractivity contribution < 1.29 is 0 Å². The van der Waals surface area contributed by atoms with Gasteiger partial charge in [0.25, 0.3) is 5.56 Å². The Morgan fingerprint density at radius 1 is 1.43 bits per heavy atom. The Labute approximate surface area is 84.8 Å². The summed E-state index contributed by atoms with van der Waals surface area (Å²) in [5.41, 5.74) is 1.13. The maximum Gasteiger partial charge on any atom is 0.252 e. The SMILES string of the molecule is Cn1ccc(NCC(C)(C)C)cc1=O. The molecule has 14 heavy (non-hydrogen) atoms. The molecule has 1 rings (SSSR count). The highest BCUT2D eigenvalue weighted by atomic mass is 16.1. The lowest BCUT2D eigenvalue weighted by Gasteiger charge is -2.19. The summed E-state index contributed by atoms with van der Waals surface area (Å²) >= 11 is 0. The van der Waals surface area contributed by atoms with Gasteiger partial charge >= 0.3 is 0 Å². The van der Waals surface area contributed by atoms with Crippen LogP contribution in [0, 0.1) is 5.41 Å². The molecule has 0 fully saturated rings. The molecule has 3 nitrogen and oxygen atoms in total. The number of nitrogens with zero attached hydrogens (tertiary/aromatic N) is 1. The summed E-state index contributed by atoms with van der Waals surface area (Å²) in [6, 6.07) is 3.53. The van der Waals surface area contributed by atoms with Crippen LogP contribution >= 0.6 is 0 Å². The molecule has 78 valence electrons. The summed E-state index contributed by atoms with van der Waals surface area (Å²) in [7, 11) is 1.75. The molecule has 0 aliphatic carbocycles. The standard InChI is InChI=1S/C11H18N2O/c1-11(2,3)8-12-9-5-6-13(4)10(14)7-9/h5-7,12H,8H2,1-4H3. The normalized spacial score (nSPS) is 11.4. The van der Waals surface area contributed by atoms with Gasteiger partial charge in [-0.05, 0) is 11.5 Å². The summed E-state index contributed by atoms with van der Waals surface area (Å²) in [4.78, 5) is 11.3. The van der Waals surface area contributed by atoms with Gasteiger partial charge in [-0.1, -0.05) is 20.8 Å². The third kappa shape index (κ3) is 3.24. The van der Waals surface area contributed by atoms with E-state index in [1.54, 1.807) is 23.9 Å². The smallest absolute Gasteiger partial charge is 0.252 e. The van der Waals surface area contributed by atoms with E-state index in [4.69, 9.17) is 0 Å². The number of hydrogen-bond acceptors (Lipinski definition) is 2. The molecule has 1 aromatic rings. The molecule has 3 heteroatoms. The Hall–Kier alpha value is -1.25. The van der Waals surface area contributed by atoms with Gasteiger partial charge in [-0.3, -0.25) is 4.79 Å². The molecule has 1 aromatic heterocycles. The quantitative estimate of drug-likeness (QED) is 0.779. The molecule has 0 amide bonds. The van der Waals surface area contributed by atoms with Crippen molar-refractivity contribution in [1.82, 2.24) is 4.57 Å². The van der Waals surface area contributed by atoms with Crippen molar-refractivity contribution in [1.29, 1.82) is 0 Å². The summed E-state index contributed by atoms with van der Waals surface area (Å²) < 4.78 is 1.56. The minimum Gasteiger partial charge on any atom is -0.384 e. The summed E-state index contributed by atoms with van der Waals surface area (Å²) in [6.07, 6.45) is 1.77. The summed E-state index contributed by atoms with van der Waals surface area (Å²) in [5.74, 6) is 0. The fourth-order valence-corrected chi connectivity index (χ4v) is 1.03. The zero-order valence-corrected chi connectivity index (χ0v) is 9.29. The largest absolute Gasteiger partial charge is 0.384 e. The Kier molecular flexibility index (Phi) is 2.99. The van der Waals surface area contributed by atoms with Crippen LogP contribution in [0.4, 0.5) is 5.69 Å². The first-order valence-electron chi connectivity index (χ1n) is 4.79. The number of pyridine rings is 1. The molecule has 0 aliphatic rings. The number of aryl methyl sites for hydroxylation is 1. The molecule has 0 spiro atoms. The fourth-order valence-electron chi connectivity index (χ4n) is 1.03. The number of hydrogen-bond donors (Lipinski definition) is 1. The highest BCUT2D eigenvalue weighted by molar-refractivity contribution is 5.41. The lowest BCUT2D eigenvalue weighted by atomic mass is 9.97. The molecular formula is C11H18N2O. The number of rotatable bonds is 2. The van der Waals surface area contributed by atoms with Crippen LogP contribution in [-0.4, -0.2) is 11.1 Å². The second-order valence-corrected chi connectivity index (χ2v) is 4.78. The van der Waals surface area contributed by atoms with Crippen molar-refractivity contribution >= 4 is 5.69 Å². The zero-order chi connectivity index (χ0) is 10.8. The van der Waals surface area contributed by atoms with Crippen molar-refractivity contribution in [3.8, 4) is 0 Å². The van der Waals surface area contributed by atoms with E-state index in [-0.39, 0.29) is 11.0 Å². The van der Waals surface area contributed by atoms with Gasteiger partial charge in [0.05, 0.1) is 0 Å². The van der Waals surface area contributed by atoms with Gasteiger partial charge in [0, 0.05) is 31.5 Å². The van der Waals surface area contributed by atoms with Crippen LogP contribution in [0.2, 0.25) is 0 Å². The van der Waals surface area contributed by atoms with Gasteiger partial charge in [-0.25, -0.2) is 0 Å². The van der Waals surface area contributed by atoms with Crippen molar-refractivity contribution in [2.45, 2.75) is 20.8 Å². The average Bonchev–Trinajstić information content (AvgIpc) is 2.06. The van der Waals surface area contributed by atoms with Crippen molar-refractivity contribution in [3.63, 3.8) is 0 Å². The Bertz CT molecular complexity index is 360. The van der Waals surface area contributed by atoms with Crippen LogP contribution in [0.5, 0.6) is 0 Å². The van der Waals surface area contributed by atoms with Gasteiger partial charge in [-0.15, -0.1) is 0 Å². The molecule has 1 heterocycles. The van der Waals surface area contributed by atoms with Crippen LogP contribution in [-0.2, 0) is 7.05 Å². The molecule has 0 atom stereocenters. The van der Waals surface area contributed by atoms with E-state index >= 15 is 0 Å². The number of nitrogens with one attached hydrogen (secondary N) is 1. The molecule has 0 saturated heterocycles. The monoisotopic (exact) mass is 194 g/mol. The van der Waals surface area contributed by atoms with Gasteiger partial charge in [0.1, 0.15) is 0 Å². The fraction of sp³-hybridized carbons (Fsp3) is 0.545. The summed E-state index contributed by atoms with van der Waals surface area (Å²) in [6.45, 7) is 7.32. The highest BCUT2D eigenvalue weighted by Gasteiger charge is 2.09. The third-order valence-electron chi connectivity index (χ3n) is 1.93. The maximum atomic E-state index is 11.3. The summed E-state index contributed by atoms with van der Waals surface area (Å²) in [5, 5.41) is 3.24. The van der Waals surface area contributed by atoms with Crippen LogP contribution in [0.3, 0.4) is 0 Å². The second kappa shape index (κ2) is 3.86. The molecule has 0 saturated carbocycles. The van der Waals surface area contributed by atoms with Gasteiger partial charge in [0.2, 0.25) is 0 Å². The molecule has 0 aromatic carbocycles. The van der Waals surface area contributed by atoms with Crippen molar-refractivity contribution in [2.24, 2.45) is 12.5 Å². The van der Waals surface area contributed by atoms with Crippen molar-refractivity contribution in [3.05, 3.63) is 28.7 Å². The first kappa shape index (κ1) is 10.8. The predicted molar refractivity (Wildman–Crippen MR) is 59.6 cm³/mol. The average molecular weight is 194 g/mol. The molecule has 1 N–H and O–H groups in total. The Morgan fingerprint density at radius 2 is 2.07 bits per heavy atom. The van der Waals surface area contributed by atoms with E-state index in [9.17, 15) is 4.79 Å². The van der Waals surface area contributed by atoms with Gasteiger partial charge in [0.15, 0.2) is 0 Å². The number of aromatic nitrogens is 1. The topological polar surface area (TPSA) is 34.0 Å². The Balaban J connectivity index is 2.70. The van der Waals surface area contributed by atoms with Crippen LogP contribution in [0.15, 0.2) is 23.1 Å². The lowest BCUT2D eigenvalue weighted by molar-refractivity contribution is 0.443. The zero-order valence-electron chi connectivity index (χ0n) is 9.29. The second-order valence-electron chi connectivity index (χ2n) is 4.78. The van der Waals surface area contributed by atoms with E-state index in [0.29, 0.717) is 0 Å². The molecule has 0 radical (unpaired) electrons. The lowest BCUT2D eigenvalue weighted by Crippen LogP contribution is -2.21. The van der Waals surface area contributed by atoms with Crippen LogP contribution in [0.1, 0.15) is 20.8 Å². The maximum absolute atomic E-state index is 11.3. The van der Waals surface area contributed by atoms with E-state index in [1.807, 2.05) is 6.07 Å². The highest BCUT2D eigenvalue weighted by Crippen LogP contribution is 2.13. The van der Waals surface area contributed by atoms with Gasteiger partial charge in [-0.2, -0.15) is 0 Å².